The highest BCUT2D eigenvalue weighted by atomic mass is 19.2. The van der Waals surface area contributed by atoms with Gasteiger partial charge < -0.3 is 9.64 Å². The lowest BCUT2D eigenvalue weighted by Crippen LogP contribution is -2.20. The highest BCUT2D eigenvalue weighted by Crippen LogP contribution is 2.42. The number of para-hydroxylation sites is 1. The van der Waals surface area contributed by atoms with Gasteiger partial charge in [-0.3, -0.25) is 4.40 Å². The van der Waals surface area contributed by atoms with E-state index in [2.05, 4.69) is 42.0 Å². The van der Waals surface area contributed by atoms with Gasteiger partial charge in [0.25, 0.3) is 5.78 Å². The summed E-state index contributed by atoms with van der Waals surface area (Å²) in [6.07, 6.45) is 2.57. The van der Waals surface area contributed by atoms with Crippen LogP contribution in [0.5, 0.6) is 5.75 Å². The van der Waals surface area contributed by atoms with Gasteiger partial charge in [-0.15, -0.1) is 10.2 Å². The zero-order chi connectivity index (χ0) is 23.3. The number of nitrogens with zero attached hydrogens (tertiary/aromatic N) is 5. The number of rotatable bonds is 3. The molecule has 0 amide bonds. The van der Waals surface area contributed by atoms with Crippen LogP contribution in [0, 0.1) is 24.0 Å². The van der Waals surface area contributed by atoms with Gasteiger partial charge in [-0.2, -0.15) is 4.98 Å². The summed E-state index contributed by atoms with van der Waals surface area (Å²) >= 11 is 0. The summed E-state index contributed by atoms with van der Waals surface area (Å²) in [7, 11) is 0. The van der Waals surface area contributed by atoms with Crippen LogP contribution in [-0.4, -0.2) is 32.7 Å². The van der Waals surface area contributed by atoms with E-state index in [4.69, 9.17) is 4.74 Å². The van der Waals surface area contributed by atoms with Crippen molar-refractivity contribution in [1.29, 1.82) is 0 Å². The van der Waals surface area contributed by atoms with E-state index >= 15 is 4.39 Å². The average molecular weight is 452 g/mol. The van der Waals surface area contributed by atoms with E-state index in [-0.39, 0.29) is 10.8 Å². The Morgan fingerprint density at radius 1 is 1.09 bits per heavy atom. The van der Waals surface area contributed by atoms with Crippen LogP contribution in [0.15, 0.2) is 30.3 Å². The van der Waals surface area contributed by atoms with Crippen LogP contribution < -0.4 is 9.64 Å². The Morgan fingerprint density at radius 2 is 1.91 bits per heavy atom. The van der Waals surface area contributed by atoms with Crippen LogP contribution in [0.2, 0.25) is 0 Å². The molecule has 0 bridgehead atoms. The topological polar surface area (TPSA) is 55.5 Å². The minimum Gasteiger partial charge on any atom is -0.491 e. The highest BCUT2D eigenvalue weighted by molar-refractivity contribution is 5.95. The molecule has 6 nitrogen and oxygen atoms in total. The van der Waals surface area contributed by atoms with Crippen LogP contribution in [-0.2, 0) is 6.42 Å². The van der Waals surface area contributed by atoms with Crippen molar-refractivity contribution in [2.75, 3.05) is 18.1 Å². The predicted molar refractivity (Wildman–Crippen MR) is 124 cm³/mol. The molecule has 1 aliphatic rings. The minimum absolute atomic E-state index is 0.110. The van der Waals surface area contributed by atoms with Crippen molar-refractivity contribution in [3.05, 3.63) is 53.4 Å². The summed E-state index contributed by atoms with van der Waals surface area (Å²) in [4.78, 5) is 6.59. The van der Waals surface area contributed by atoms with Gasteiger partial charge in [0, 0.05) is 6.54 Å². The van der Waals surface area contributed by atoms with Crippen LogP contribution in [0.3, 0.4) is 0 Å². The number of hydrogen-bond acceptors (Lipinski definition) is 5. The fourth-order valence-electron chi connectivity index (χ4n) is 4.39. The van der Waals surface area contributed by atoms with E-state index < -0.39 is 11.6 Å². The van der Waals surface area contributed by atoms with E-state index in [9.17, 15) is 4.39 Å². The lowest BCUT2D eigenvalue weighted by Gasteiger charge is -2.26. The molecule has 0 unspecified atom stereocenters. The number of anilines is 2. The lowest BCUT2D eigenvalue weighted by atomic mass is 9.88. The summed E-state index contributed by atoms with van der Waals surface area (Å²) in [5.74, 6) is 0.160. The first kappa shape index (κ1) is 21.6. The third-order valence-electron chi connectivity index (χ3n) is 6.09. The Hall–Kier alpha value is -3.29. The molecule has 0 atom stereocenters. The molecule has 1 aliphatic heterocycles. The van der Waals surface area contributed by atoms with Crippen LogP contribution >= 0.6 is 0 Å². The summed E-state index contributed by atoms with van der Waals surface area (Å²) in [6, 6.07) is 8.69. The molecule has 33 heavy (non-hydrogen) atoms. The van der Waals surface area contributed by atoms with Gasteiger partial charge in [0.05, 0.1) is 23.2 Å². The number of aryl methyl sites for hydroxylation is 2. The molecule has 0 radical (unpaired) electrons. The molecule has 8 heteroatoms. The second kappa shape index (κ2) is 7.93. The number of halogens is 2. The van der Waals surface area contributed by atoms with E-state index in [1.807, 2.05) is 17.0 Å². The van der Waals surface area contributed by atoms with Crippen molar-refractivity contribution in [3.8, 4) is 5.75 Å². The molecule has 5 rings (SSSR count). The Balaban J connectivity index is 1.74. The maximum atomic E-state index is 15.3. The fraction of sp³-hybridized carbons (Fsp3) is 0.400. The van der Waals surface area contributed by atoms with Crippen LogP contribution in [0.1, 0.15) is 45.0 Å². The normalized spacial score (nSPS) is 14.4. The number of ether oxygens (including phenoxy) is 1. The van der Waals surface area contributed by atoms with Crippen molar-refractivity contribution in [2.45, 2.75) is 47.0 Å². The lowest BCUT2D eigenvalue weighted by molar-refractivity contribution is 0.315. The third-order valence-corrected chi connectivity index (χ3v) is 6.09. The van der Waals surface area contributed by atoms with Crippen LogP contribution in [0.4, 0.5) is 20.3 Å². The van der Waals surface area contributed by atoms with Gasteiger partial charge in [-0.1, -0.05) is 32.9 Å². The van der Waals surface area contributed by atoms with Crippen molar-refractivity contribution in [3.63, 3.8) is 0 Å². The highest BCUT2D eigenvalue weighted by Gasteiger charge is 2.27. The molecule has 0 saturated carbocycles. The summed E-state index contributed by atoms with van der Waals surface area (Å²) in [5, 5.41) is 8.37. The standard InChI is InChI=1S/C25H27F2N5O/c1-15-29-30-24-28-23(20-18(32(15)24)10-9-17(26)21(20)27)31-13-6-14-33-22-16(7-5-8-19(22)31)11-12-25(2,3)4/h5,7-10H,6,11-14H2,1-4H3. The fourth-order valence-corrected chi connectivity index (χ4v) is 4.39. The molecule has 0 N–H and O–H groups in total. The Labute approximate surface area is 191 Å². The molecule has 172 valence electrons. The van der Waals surface area contributed by atoms with Crippen molar-refractivity contribution < 1.29 is 13.5 Å². The SMILES string of the molecule is Cc1nnc2nc(N3CCCOc4c(CCC(C)(C)C)cccc43)c3c(F)c(F)ccc3n12. The maximum Gasteiger partial charge on any atom is 0.257 e. The zero-order valence-electron chi connectivity index (χ0n) is 19.3. The van der Waals surface area contributed by atoms with Gasteiger partial charge in [0.15, 0.2) is 11.6 Å². The minimum atomic E-state index is -0.930. The van der Waals surface area contributed by atoms with E-state index in [1.54, 1.807) is 17.4 Å². The largest absolute Gasteiger partial charge is 0.491 e. The van der Waals surface area contributed by atoms with Gasteiger partial charge in [-0.05, 0) is 55.4 Å². The Bertz CT molecular complexity index is 1360. The molecular formula is C25H27F2N5O. The van der Waals surface area contributed by atoms with Gasteiger partial charge in [0.2, 0.25) is 0 Å². The van der Waals surface area contributed by atoms with Gasteiger partial charge in [-0.25, -0.2) is 8.78 Å². The molecule has 0 aliphatic carbocycles. The smallest absolute Gasteiger partial charge is 0.257 e. The molecule has 2 aromatic heterocycles. The number of fused-ring (bicyclic) bond motifs is 4. The molecule has 0 spiro atoms. The summed E-state index contributed by atoms with van der Waals surface area (Å²) in [6.45, 7) is 9.49. The quantitative estimate of drug-likeness (QED) is 0.396. The molecule has 3 heterocycles. The van der Waals surface area contributed by atoms with E-state index in [0.29, 0.717) is 42.5 Å². The van der Waals surface area contributed by atoms with E-state index in [0.717, 1.165) is 35.9 Å². The second-order valence-corrected chi connectivity index (χ2v) is 9.75. The van der Waals surface area contributed by atoms with E-state index in [1.165, 1.54) is 0 Å². The Morgan fingerprint density at radius 3 is 2.70 bits per heavy atom. The zero-order valence-corrected chi connectivity index (χ0v) is 19.3. The van der Waals surface area contributed by atoms with Gasteiger partial charge >= 0.3 is 0 Å². The predicted octanol–water partition coefficient (Wildman–Crippen LogP) is 5.76. The summed E-state index contributed by atoms with van der Waals surface area (Å²) in [5.41, 5.74) is 2.57. The monoisotopic (exact) mass is 451 g/mol. The van der Waals surface area contributed by atoms with Crippen molar-refractivity contribution >= 4 is 28.2 Å². The number of benzene rings is 2. The third kappa shape index (κ3) is 3.77. The molecule has 0 fully saturated rings. The second-order valence-electron chi connectivity index (χ2n) is 9.75. The molecular weight excluding hydrogens is 424 g/mol. The first-order valence-corrected chi connectivity index (χ1v) is 11.3. The first-order chi connectivity index (χ1) is 15.7. The van der Waals surface area contributed by atoms with Gasteiger partial charge in [0.1, 0.15) is 17.4 Å². The van der Waals surface area contributed by atoms with Crippen molar-refractivity contribution in [2.24, 2.45) is 5.41 Å². The van der Waals surface area contributed by atoms with Crippen molar-refractivity contribution in [1.82, 2.24) is 19.6 Å². The number of hydrogen-bond donors (Lipinski definition) is 0. The summed E-state index contributed by atoms with van der Waals surface area (Å²) < 4.78 is 37.5. The first-order valence-electron chi connectivity index (χ1n) is 11.3. The Kier molecular flexibility index (Phi) is 5.18. The average Bonchev–Trinajstić information content (AvgIpc) is 3.01. The van der Waals surface area contributed by atoms with Crippen LogP contribution in [0.25, 0.3) is 16.7 Å². The molecule has 2 aromatic carbocycles. The molecule has 0 saturated heterocycles. The number of aromatic nitrogens is 4. The maximum absolute atomic E-state index is 15.3. The molecule has 4 aromatic rings.